The fourth-order valence-corrected chi connectivity index (χ4v) is 3.26. The van der Waals surface area contributed by atoms with Gasteiger partial charge < -0.3 is 19.5 Å². The fraction of sp³-hybridized carbons (Fsp3) is 0.500. The van der Waals surface area contributed by atoms with E-state index in [0.717, 1.165) is 4.90 Å². The van der Waals surface area contributed by atoms with Gasteiger partial charge in [0.25, 0.3) is 0 Å². The number of esters is 1. The summed E-state index contributed by atoms with van der Waals surface area (Å²) in [6.07, 6.45) is 1.04. The van der Waals surface area contributed by atoms with Crippen LogP contribution < -0.4 is 5.11 Å². The summed E-state index contributed by atoms with van der Waals surface area (Å²) in [6.45, 7) is 4.91. The van der Waals surface area contributed by atoms with E-state index in [2.05, 4.69) is 0 Å². The van der Waals surface area contributed by atoms with Gasteiger partial charge in [-0.1, -0.05) is 23.2 Å². The number of nitrogens with zero attached hydrogens (tertiary/aromatic N) is 1. The minimum absolute atomic E-state index is 0.0309. The van der Waals surface area contributed by atoms with Gasteiger partial charge >= 0.3 is 5.97 Å². The molecule has 1 aliphatic carbocycles. The van der Waals surface area contributed by atoms with Gasteiger partial charge in [0.15, 0.2) is 5.60 Å². The van der Waals surface area contributed by atoms with Crippen molar-refractivity contribution in [2.24, 2.45) is 0 Å². The van der Waals surface area contributed by atoms with Crippen LogP contribution in [0.15, 0.2) is 22.2 Å². The van der Waals surface area contributed by atoms with Crippen molar-refractivity contribution in [2.75, 3.05) is 0 Å². The smallest absolute Gasteiger partial charge is 0.330 e. The molecule has 0 radical (unpaired) electrons. The maximum atomic E-state index is 12.2. The lowest BCUT2D eigenvalue weighted by molar-refractivity contribution is -0.273. The topological polar surface area (TPSA) is 86.7 Å². The van der Waals surface area contributed by atoms with E-state index < -0.39 is 35.0 Å². The van der Waals surface area contributed by atoms with Gasteiger partial charge in [0.1, 0.15) is 12.1 Å². The highest BCUT2D eigenvalue weighted by Crippen LogP contribution is 2.40. The van der Waals surface area contributed by atoms with Crippen LogP contribution in [0.3, 0.4) is 0 Å². The molecule has 1 saturated heterocycles. The number of carbonyl (C=O) groups excluding carboxylic acids is 3. The second kappa shape index (κ2) is 5.28. The number of halogens is 2. The molecule has 0 N–H and O–H groups in total. The predicted molar refractivity (Wildman–Crippen MR) is 77.1 cm³/mol. The number of ether oxygens (including phenoxy) is 1. The molecule has 2 aliphatic rings. The molecular formula is C14H14Cl2NO5-. The molecule has 2 rings (SSSR count). The lowest BCUT2D eigenvalue weighted by Gasteiger charge is -2.40. The third kappa shape index (κ3) is 2.85. The Hall–Kier alpha value is -1.53. The van der Waals surface area contributed by atoms with Crippen LogP contribution >= 0.6 is 23.2 Å². The normalized spacial score (nSPS) is 24.0. The van der Waals surface area contributed by atoms with Crippen LogP contribution in [0.1, 0.15) is 27.2 Å². The first-order chi connectivity index (χ1) is 9.97. The summed E-state index contributed by atoms with van der Waals surface area (Å²) < 4.78 is 5.27. The molecule has 1 atom stereocenters. The molecular weight excluding hydrogens is 333 g/mol. The number of hydrogen-bond donors (Lipinski definition) is 0. The van der Waals surface area contributed by atoms with Crippen molar-refractivity contribution >= 4 is 41.0 Å². The Labute approximate surface area is 137 Å². The van der Waals surface area contributed by atoms with Crippen LogP contribution in [0.25, 0.3) is 0 Å². The van der Waals surface area contributed by atoms with E-state index in [0.29, 0.717) is 0 Å². The summed E-state index contributed by atoms with van der Waals surface area (Å²) in [4.78, 5) is 36.0. The number of rotatable bonds is 1. The number of ketones is 1. The molecule has 0 aromatic rings. The van der Waals surface area contributed by atoms with Crippen molar-refractivity contribution in [3.8, 4) is 0 Å². The van der Waals surface area contributed by atoms with Crippen molar-refractivity contribution in [3.05, 3.63) is 22.2 Å². The van der Waals surface area contributed by atoms with Crippen molar-refractivity contribution in [1.29, 1.82) is 0 Å². The molecule has 0 aromatic heterocycles. The van der Waals surface area contributed by atoms with Gasteiger partial charge in [-0.15, -0.1) is 0 Å². The Morgan fingerprint density at radius 3 is 2.23 bits per heavy atom. The predicted octanol–water partition coefficient (Wildman–Crippen LogP) is 1.31. The monoisotopic (exact) mass is 346 g/mol. The minimum Gasteiger partial charge on any atom is -0.530 e. The molecule has 8 heteroatoms. The third-order valence-corrected chi connectivity index (χ3v) is 4.04. The molecule has 1 aliphatic heterocycles. The Morgan fingerprint density at radius 1 is 1.32 bits per heavy atom. The summed E-state index contributed by atoms with van der Waals surface area (Å²) >= 11 is 11.6. The van der Waals surface area contributed by atoms with Crippen LogP contribution in [-0.2, 0) is 14.3 Å². The quantitative estimate of drug-likeness (QED) is 0.668. The first kappa shape index (κ1) is 16.8. The molecule has 0 bridgehead atoms. The summed E-state index contributed by atoms with van der Waals surface area (Å²) in [7, 11) is 0. The van der Waals surface area contributed by atoms with E-state index in [1.165, 1.54) is 12.2 Å². The average Bonchev–Trinajstić information content (AvgIpc) is 2.60. The highest BCUT2D eigenvalue weighted by atomic mass is 35.5. The zero-order valence-electron chi connectivity index (χ0n) is 12.2. The lowest BCUT2D eigenvalue weighted by atomic mass is 9.90. The van der Waals surface area contributed by atoms with Crippen LogP contribution in [-0.4, -0.2) is 39.9 Å². The van der Waals surface area contributed by atoms with Crippen LogP contribution in [0.4, 0.5) is 4.79 Å². The summed E-state index contributed by atoms with van der Waals surface area (Å²) in [5, 5.41) is 11.1. The maximum absolute atomic E-state index is 12.2. The molecule has 1 spiro atoms. The Balaban J connectivity index is 2.39. The highest BCUT2D eigenvalue weighted by molar-refractivity contribution is 6.55. The van der Waals surface area contributed by atoms with E-state index in [-0.39, 0.29) is 16.5 Å². The largest absolute Gasteiger partial charge is 0.530 e. The van der Waals surface area contributed by atoms with Crippen LogP contribution in [0.5, 0.6) is 0 Å². The molecule has 22 heavy (non-hydrogen) atoms. The zero-order chi connectivity index (χ0) is 16.9. The van der Waals surface area contributed by atoms with Gasteiger partial charge in [-0.05, 0) is 32.9 Å². The molecule has 1 fully saturated rings. The van der Waals surface area contributed by atoms with Crippen molar-refractivity contribution in [1.82, 2.24) is 4.90 Å². The van der Waals surface area contributed by atoms with Gasteiger partial charge in [0.2, 0.25) is 5.78 Å². The number of hydrogen-bond acceptors (Lipinski definition) is 5. The van der Waals surface area contributed by atoms with Crippen LogP contribution in [0.2, 0.25) is 0 Å². The first-order valence-corrected chi connectivity index (χ1v) is 7.27. The number of carbonyl (C=O) groups is 3. The Morgan fingerprint density at radius 2 is 1.82 bits per heavy atom. The van der Waals surface area contributed by atoms with E-state index in [1.807, 2.05) is 0 Å². The lowest BCUT2D eigenvalue weighted by Crippen LogP contribution is -2.58. The molecule has 0 unspecified atom stereocenters. The van der Waals surface area contributed by atoms with E-state index in [4.69, 9.17) is 27.9 Å². The summed E-state index contributed by atoms with van der Waals surface area (Å²) in [5.41, 5.74) is -2.18. The molecule has 1 amide bonds. The molecule has 0 aromatic carbocycles. The third-order valence-electron chi connectivity index (χ3n) is 3.48. The van der Waals surface area contributed by atoms with E-state index >= 15 is 0 Å². The molecule has 120 valence electrons. The standard InChI is InChI=1S/C14H15Cl2NO5/c1-13(2,3)17(12(20)21)9-6-14(22-11(9)19)4-7(15)10(18)8(16)5-14/h4-5,9H,6H2,1-3H3,(H,20,21)/p-1/t9-/m0/s1. The van der Waals surface area contributed by atoms with Crippen molar-refractivity contribution < 1.29 is 24.2 Å². The second-order valence-electron chi connectivity index (χ2n) is 6.22. The van der Waals surface area contributed by atoms with Gasteiger partial charge in [-0.2, -0.15) is 0 Å². The van der Waals surface area contributed by atoms with E-state index in [1.54, 1.807) is 20.8 Å². The van der Waals surface area contributed by atoms with Gasteiger partial charge in [0.05, 0.1) is 10.1 Å². The highest BCUT2D eigenvalue weighted by Gasteiger charge is 2.51. The summed E-state index contributed by atoms with van der Waals surface area (Å²) in [5.74, 6) is -1.31. The van der Waals surface area contributed by atoms with E-state index in [9.17, 15) is 19.5 Å². The SMILES string of the molecule is CC(C)(C)N(C(=O)[O-])[C@H]1CC2(C=C(Cl)C(=O)C(Cl)=C2)OC1=O. The number of allylic oxidation sites excluding steroid dienone is 2. The minimum atomic E-state index is -1.48. The average molecular weight is 347 g/mol. The summed E-state index contributed by atoms with van der Waals surface area (Å²) in [6, 6.07) is -1.07. The maximum Gasteiger partial charge on any atom is 0.330 e. The van der Waals surface area contributed by atoms with Gasteiger partial charge in [-0.25, -0.2) is 4.79 Å². The Kier molecular flexibility index (Phi) is 4.04. The zero-order valence-corrected chi connectivity index (χ0v) is 13.7. The number of Topliss-reactive ketones (excluding diaryl/α,β-unsaturated/α-hetero) is 1. The van der Waals surface area contributed by atoms with Gasteiger partial charge in [-0.3, -0.25) is 4.79 Å². The van der Waals surface area contributed by atoms with Gasteiger partial charge in [0, 0.05) is 12.0 Å². The molecule has 6 nitrogen and oxygen atoms in total. The van der Waals surface area contributed by atoms with Crippen molar-refractivity contribution in [3.63, 3.8) is 0 Å². The first-order valence-electron chi connectivity index (χ1n) is 6.51. The Bertz CT molecular complexity index is 595. The molecule has 1 heterocycles. The van der Waals surface area contributed by atoms with Crippen molar-refractivity contribution in [2.45, 2.75) is 44.4 Å². The fourth-order valence-electron chi connectivity index (χ4n) is 2.64. The van der Waals surface area contributed by atoms with Crippen LogP contribution in [0, 0.1) is 0 Å². The number of amides is 1. The number of carboxylic acid groups (broad SMARTS) is 1. The molecule has 0 saturated carbocycles. The second-order valence-corrected chi connectivity index (χ2v) is 7.03.